The largest absolute Gasteiger partial charge is 0.316 e. The number of nitrogens with zero attached hydrogens (tertiary/aromatic N) is 1. The van der Waals surface area contributed by atoms with Crippen LogP contribution in [0.1, 0.15) is 26.3 Å². The molecule has 1 rings (SSSR count). The third-order valence-corrected chi connectivity index (χ3v) is 4.91. The second-order valence-corrected chi connectivity index (χ2v) is 7.18. The maximum atomic E-state index is 14.0. The summed E-state index contributed by atoms with van der Waals surface area (Å²) in [5.74, 6) is -2.38. The van der Waals surface area contributed by atoms with Gasteiger partial charge in [0.25, 0.3) is 0 Å². The number of halogens is 2. The molecular formula is C14H22F2N2O2S. The molecule has 0 aromatic heterocycles. The first-order chi connectivity index (χ1) is 9.73. The highest BCUT2D eigenvalue weighted by atomic mass is 32.2. The summed E-state index contributed by atoms with van der Waals surface area (Å²) in [7, 11) is -2.40. The van der Waals surface area contributed by atoms with Crippen LogP contribution in [0.15, 0.2) is 17.0 Å². The molecular weight excluding hydrogens is 298 g/mol. The second kappa shape index (κ2) is 7.29. The second-order valence-electron chi connectivity index (χ2n) is 5.27. The zero-order valence-corrected chi connectivity index (χ0v) is 13.6. The Labute approximate surface area is 125 Å². The Hall–Kier alpha value is -1.05. The normalized spacial score (nSPS) is 12.4. The van der Waals surface area contributed by atoms with Crippen molar-refractivity contribution >= 4 is 10.0 Å². The van der Waals surface area contributed by atoms with Crippen molar-refractivity contribution in [3.8, 4) is 0 Å². The molecule has 21 heavy (non-hydrogen) atoms. The lowest BCUT2D eigenvalue weighted by Crippen LogP contribution is -2.34. The third kappa shape index (κ3) is 4.21. The molecule has 1 N–H and O–H groups in total. The minimum Gasteiger partial charge on any atom is -0.316 e. The molecule has 0 saturated heterocycles. The maximum Gasteiger partial charge on any atom is 0.246 e. The Morgan fingerprint density at radius 2 is 1.90 bits per heavy atom. The highest BCUT2D eigenvalue weighted by molar-refractivity contribution is 7.89. The van der Waals surface area contributed by atoms with Gasteiger partial charge in [-0.05, 0) is 30.7 Å². The van der Waals surface area contributed by atoms with E-state index in [0.29, 0.717) is 5.56 Å². The van der Waals surface area contributed by atoms with Crippen LogP contribution in [-0.2, 0) is 16.6 Å². The summed E-state index contributed by atoms with van der Waals surface area (Å²) < 4.78 is 53.8. The van der Waals surface area contributed by atoms with E-state index < -0.39 is 26.6 Å². The summed E-state index contributed by atoms with van der Waals surface area (Å²) in [6.07, 6.45) is 0. The molecule has 120 valence electrons. The van der Waals surface area contributed by atoms with Gasteiger partial charge in [-0.3, -0.25) is 0 Å². The van der Waals surface area contributed by atoms with Crippen LogP contribution in [0.4, 0.5) is 8.78 Å². The lowest BCUT2D eigenvalue weighted by molar-refractivity contribution is 0.376. The monoisotopic (exact) mass is 320 g/mol. The first kappa shape index (κ1) is 18.0. The van der Waals surface area contributed by atoms with Crippen LogP contribution in [-0.4, -0.2) is 32.9 Å². The maximum absolute atomic E-state index is 14.0. The van der Waals surface area contributed by atoms with Crippen molar-refractivity contribution in [3.05, 3.63) is 29.3 Å². The highest BCUT2D eigenvalue weighted by Gasteiger charge is 2.29. The average molecular weight is 320 g/mol. The van der Waals surface area contributed by atoms with Gasteiger partial charge < -0.3 is 5.32 Å². The summed E-state index contributed by atoms with van der Waals surface area (Å²) >= 11 is 0. The van der Waals surface area contributed by atoms with Gasteiger partial charge in [-0.1, -0.05) is 20.8 Å². The smallest absolute Gasteiger partial charge is 0.246 e. The van der Waals surface area contributed by atoms with E-state index in [2.05, 4.69) is 5.32 Å². The quantitative estimate of drug-likeness (QED) is 0.839. The van der Waals surface area contributed by atoms with E-state index in [1.165, 1.54) is 10.4 Å². The molecule has 0 bridgehead atoms. The molecule has 0 fully saturated rings. The zero-order valence-electron chi connectivity index (χ0n) is 12.8. The molecule has 1 aromatic carbocycles. The molecule has 0 unspecified atom stereocenters. The molecule has 4 nitrogen and oxygen atoms in total. The van der Waals surface area contributed by atoms with E-state index >= 15 is 0 Å². The topological polar surface area (TPSA) is 49.4 Å². The SMILES string of the molecule is CCN(CC(C)C)S(=O)(=O)c1cc(CNC)cc(F)c1F. The predicted molar refractivity (Wildman–Crippen MR) is 78.4 cm³/mol. The first-order valence-electron chi connectivity index (χ1n) is 6.86. The van der Waals surface area contributed by atoms with Gasteiger partial charge in [-0.2, -0.15) is 4.31 Å². The van der Waals surface area contributed by atoms with Crippen molar-refractivity contribution < 1.29 is 17.2 Å². The molecule has 0 spiro atoms. The molecule has 0 amide bonds. The lowest BCUT2D eigenvalue weighted by Gasteiger charge is -2.23. The molecule has 0 aliphatic heterocycles. The van der Waals surface area contributed by atoms with E-state index in [1.54, 1.807) is 14.0 Å². The molecule has 0 saturated carbocycles. The minimum absolute atomic E-state index is 0.0909. The molecule has 7 heteroatoms. The van der Waals surface area contributed by atoms with Gasteiger partial charge >= 0.3 is 0 Å². The van der Waals surface area contributed by atoms with E-state index in [4.69, 9.17) is 0 Å². The summed E-state index contributed by atoms with van der Waals surface area (Å²) in [5, 5.41) is 2.79. The van der Waals surface area contributed by atoms with Crippen LogP contribution < -0.4 is 5.32 Å². The molecule has 0 atom stereocenters. The van der Waals surface area contributed by atoms with Crippen LogP contribution in [0, 0.1) is 17.6 Å². The Morgan fingerprint density at radius 1 is 1.29 bits per heavy atom. The number of benzene rings is 1. The zero-order chi connectivity index (χ0) is 16.2. The lowest BCUT2D eigenvalue weighted by atomic mass is 10.2. The van der Waals surface area contributed by atoms with Crippen LogP contribution in [0.5, 0.6) is 0 Å². The van der Waals surface area contributed by atoms with Crippen LogP contribution in [0.3, 0.4) is 0 Å². The van der Waals surface area contributed by atoms with Gasteiger partial charge in [0, 0.05) is 19.6 Å². The van der Waals surface area contributed by atoms with Gasteiger partial charge in [0.05, 0.1) is 0 Å². The van der Waals surface area contributed by atoms with E-state index in [1.807, 2.05) is 13.8 Å². The van der Waals surface area contributed by atoms with E-state index in [0.717, 1.165) is 6.07 Å². The van der Waals surface area contributed by atoms with E-state index in [-0.39, 0.29) is 25.6 Å². The van der Waals surface area contributed by atoms with Crippen molar-refractivity contribution in [2.45, 2.75) is 32.2 Å². The first-order valence-corrected chi connectivity index (χ1v) is 8.30. The van der Waals surface area contributed by atoms with Crippen molar-refractivity contribution in [2.75, 3.05) is 20.1 Å². The summed E-state index contributed by atoms with van der Waals surface area (Å²) in [6.45, 7) is 6.13. The van der Waals surface area contributed by atoms with Crippen LogP contribution >= 0.6 is 0 Å². The number of hydrogen-bond donors (Lipinski definition) is 1. The Balaban J connectivity index is 3.35. The van der Waals surface area contributed by atoms with Gasteiger partial charge in [-0.15, -0.1) is 0 Å². The number of rotatable bonds is 7. The number of sulfonamides is 1. The fourth-order valence-electron chi connectivity index (χ4n) is 2.05. The fourth-order valence-corrected chi connectivity index (χ4v) is 3.79. The highest BCUT2D eigenvalue weighted by Crippen LogP contribution is 2.24. The Bertz CT molecular complexity index is 589. The van der Waals surface area contributed by atoms with Gasteiger partial charge in [0.15, 0.2) is 11.6 Å². The molecule has 0 aliphatic rings. The summed E-state index contributed by atoms with van der Waals surface area (Å²) in [4.78, 5) is -0.602. The molecule has 0 radical (unpaired) electrons. The number of hydrogen-bond acceptors (Lipinski definition) is 3. The molecule has 0 aliphatic carbocycles. The summed E-state index contributed by atoms with van der Waals surface area (Å²) in [6, 6.07) is 2.19. The van der Waals surface area contributed by atoms with E-state index in [9.17, 15) is 17.2 Å². The van der Waals surface area contributed by atoms with Crippen molar-refractivity contribution in [3.63, 3.8) is 0 Å². The van der Waals surface area contributed by atoms with Crippen molar-refractivity contribution in [1.29, 1.82) is 0 Å². The molecule has 1 aromatic rings. The molecule has 0 heterocycles. The predicted octanol–water partition coefficient (Wildman–Crippen LogP) is 2.35. The van der Waals surface area contributed by atoms with Gasteiger partial charge in [0.1, 0.15) is 4.90 Å². The minimum atomic E-state index is -4.05. The van der Waals surface area contributed by atoms with Crippen molar-refractivity contribution in [2.24, 2.45) is 5.92 Å². The Kier molecular flexibility index (Phi) is 6.24. The summed E-state index contributed by atoms with van der Waals surface area (Å²) in [5.41, 5.74) is 0.385. The van der Waals surface area contributed by atoms with Gasteiger partial charge in [0.2, 0.25) is 10.0 Å². The van der Waals surface area contributed by atoms with Gasteiger partial charge in [-0.25, -0.2) is 17.2 Å². The van der Waals surface area contributed by atoms with Crippen LogP contribution in [0.25, 0.3) is 0 Å². The average Bonchev–Trinajstić information content (AvgIpc) is 2.39. The van der Waals surface area contributed by atoms with Crippen LogP contribution in [0.2, 0.25) is 0 Å². The standard InChI is InChI=1S/C14H22F2N2O2S/c1-5-18(9-10(2)3)21(19,20)13-7-11(8-17-4)6-12(15)14(13)16/h6-7,10,17H,5,8-9H2,1-4H3. The Morgan fingerprint density at radius 3 is 2.38 bits per heavy atom. The third-order valence-electron chi connectivity index (χ3n) is 2.97. The number of nitrogens with one attached hydrogen (secondary N) is 1. The fraction of sp³-hybridized carbons (Fsp3) is 0.571. The van der Waals surface area contributed by atoms with Crippen molar-refractivity contribution in [1.82, 2.24) is 9.62 Å².